The van der Waals surface area contributed by atoms with Crippen molar-refractivity contribution in [3.63, 3.8) is 0 Å². The van der Waals surface area contributed by atoms with E-state index in [1.807, 2.05) is 6.08 Å². The Kier molecular flexibility index (Phi) is 3.94. The van der Waals surface area contributed by atoms with Crippen LogP contribution in [0.5, 0.6) is 0 Å². The molecule has 1 heteroatoms. The number of aryl methyl sites for hydroxylation is 1. The van der Waals surface area contributed by atoms with Crippen molar-refractivity contribution in [2.24, 2.45) is 0 Å². The average Bonchev–Trinajstić information content (AvgIpc) is 2.18. The summed E-state index contributed by atoms with van der Waals surface area (Å²) < 4.78 is 0. The van der Waals surface area contributed by atoms with Crippen molar-refractivity contribution >= 4 is 0 Å². The number of nitriles is 1. The lowest BCUT2D eigenvalue weighted by atomic mass is 10.0. The Morgan fingerprint density at radius 1 is 1.36 bits per heavy atom. The van der Waals surface area contributed by atoms with Gasteiger partial charge in [0.05, 0.1) is 12.5 Å². The van der Waals surface area contributed by atoms with Crippen molar-refractivity contribution in [3.05, 3.63) is 47.0 Å². The lowest BCUT2D eigenvalue weighted by Crippen LogP contribution is -1.86. The van der Waals surface area contributed by atoms with Crippen LogP contribution in [-0.2, 0) is 6.42 Å². The molecular weight excluding hydrogens is 170 g/mol. The van der Waals surface area contributed by atoms with Gasteiger partial charge in [-0.15, -0.1) is 0 Å². The standard InChI is InChI=1S/C13H15N/c1-11-5-7-13(8-6-11)10-12(2)4-3-9-14/h4-8H,3,10H2,1-2H3/b12-4+. The highest BCUT2D eigenvalue weighted by atomic mass is 14.2. The molecule has 1 nitrogen and oxygen atoms in total. The second-order valence-electron chi connectivity index (χ2n) is 3.58. The van der Waals surface area contributed by atoms with Crippen LogP contribution in [0.25, 0.3) is 0 Å². The summed E-state index contributed by atoms with van der Waals surface area (Å²) in [6, 6.07) is 10.6. The number of hydrogen-bond donors (Lipinski definition) is 0. The predicted octanol–water partition coefficient (Wildman–Crippen LogP) is 3.40. The monoisotopic (exact) mass is 185 g/mol. The van der Waals surface area contributed by atoms with Crippen molar-refractivity contribution in [1.82, 2.24) is 0 Å². The molecule has 0 spiro atoms. The fourth-order valence-electron chi connectivity index (χ4n) is 1.32. The molecule has 72 valence electrons. The third-order valence-corrected chi connectivity index (χ3v) is 2.15. The summed E-state index contributed by atoms with van der Waals surface area (Å²) in [7, 11) is 0. The molecule has 14 heavy (non-hydrogen) atoms. The molecule has 1 rings (SSSR count). The Morgan fingerprint density at radius 3 is 2.57 bits per heavy atom. The van der Waals surface area contributed by atoms with Gasteiger partial charge in [0, 0.05) is 0 Å². The van der Waals surface area contributed by atoms with E-state index in [9.17, 15) is 0 Å². The van der Waals surface area contributed by atoms with Gasteiger partial charge in [-0.05, 0) is 25.8 Å². The fourth-order valence-corrected chi connectivity index (χ4v) is 1.32. The molecule has 0 bridgehead atoms. The first-order valence-corrected chi connectivity index (χ1v) is 4.80. The number of rotatable bonds is 3. The lowest BCUT2D eigenvalue weighted by molar-refractivity contribution is 1.11. The quantitative estimate of drug-likeness (QED) is 0.662. The molecule has 0 aliphatic heterocycles. The van der Waals surface area contributed by atoms with Gasteiger partial charge in [-0.2, -0.15) is 5.26 Å². The topological polar surface area (TPSA) is 23.8 Å². The van der Waals surface area contributed by atoms with E-state index < -0.39 is 0 Å². The van der Waals surface area contributed by atoms with Crippen molar-refractivity contribution in [2.45, 2.75) is 26.7 Å². The van der Waals surface area contributed by atoms with Crippen LogP contribution in [-0.4, -0.2) is 0 Å². The van der Waals surface area contributed by atoms with Gasteiger partial charge in [0.25, 0.3) is 0 Å². The predicted molar refractivity (Wildman–Crippen MR) is 58.9 cm³/mol. The van der Waals surface area contributed by atoms with Crippen LogP contribution in [0.4, 0.5) is 0 Å². The zero-order valence-electron chi connectivity index (χ0n) is 8.75. The van der Waals surface area contributed by atoms with Gasteiger partial charge in [0.1, 0.15) is 0 Å². The molecule has 0 radical (unpaired) electrons. The minimum absolute atomic E-state index is 0.512. The van der Waals surface area contributed by atoms with E-state index in [1.54, 1.807) is 0 Å². The van der Waals surface area contributed by atoms with Crippen molar-refractivity contribution in [2.75, 3.05) is 0 Å². The first-order chi connectivity index (χ1) is 6.72. The molecule has 0 fully saturated rings. The first-order valence-electron chi connectivity index (χ1n) is 4.80. The lowest BCUT2D eigenvalue weighted by Gasteiger charge is -2.01. The van der Waals surface area contributed by atoms with Crippen LogP contribution in [0.15, 0.2) is 35.9 Å². The minimum atomic E-state index is 0.512. The Balaban J connectivity index is 2.61. The molecule has 0 aliphatic rings. The molecule has 0 heterocycles. The molecular formula is C13H15N. The molecule has 0 N–H and O–H groups in total. The summed E-state index contributed by atoms with van der Waals surface area (Å²) in [6.07, 6.45) is 3.44. The summed E-state index contributed by atoms with van der Waals surface area (Å²) in [5.74, 6) is 0. The molecule has 0 amide bonds. The summed E-state index contributed by atoms with van der Waals surface area (Å²) in [4.78, 5) is 0. The van der Waals surface area contributed by atoms with Gasteiger partial charge >= 0.3 is 0 Å². The molecule has 0 saturated heterocycles. The second kappa shape index (κ2) is 5.24. The summed E-state index contributed by atoms with van der Waals surface area (Å²) in [5, 5.41) is 8.42. The van der Waals surface area contributed by atoms with Gasteiger partial charge in [-0.3, -0.25) is 0 Å². The number of allylic oxidation sites excluding steroid dienone is 2. The van der Waals surface area contributed by atoms with Crippen LogP contribution >= 0.6 is 0 Å². The summed E-state index contributed by atoms with van der Waals surface area (Å²) >= 11 is 0. The van der Waals surface area contributed by atoms with E-state index in [0.29, 0.717) is 6.42 Å². The first kappa shape index (κ1) is 10.5. The highest BCUT2D eigenvalue weighted by Crippen LogP contribution is 2.09. The third-order valence-electron chi connectivity index (χ3n) is 2.15. The Labute approximate surface area is 85.7 Å². The Hall–Kier alpha value is -1.55. The second-order valence-corrected chi connectivity index (χ2v) is 3.58. The van der Waals surface area contributed by atoms with Crippen LogP contribution in [0.3, 0.4) is 0 Å². The largest absolute Gasteiger partial charge is 0.198 e. The van der Waals surface area contributed by atoms with Gasteiger partial charge in [-0.25, -0.2) is 0 Å². The molecule has 1 aromatic carbocycles. The van der Waals surface area contributed by atoms with E-state index in [1.165, 1.54) is 16.7 Å². The van der Waals surface area contributed by atoms with Crippen LogP contribution in [0.2, 0.25) is 0 Å². The third kappa shape index (κ3) is 3.45. The van der Waals surface area contributed by atoms with E-state index in [0.717, 1.165) is 6.42 Å². The Bertz CT molecular complexity index is 352. The SMILES string of the molecule is C/C(=C\CC#N)Cc1ccc(C)cc1. The van der Waals surface area contributed by atoms with Crippen LogP contribution in [0, 0.1) is 18.3 Å². The maximum Gasteiger partial charge on any atom is 0.0663 e. The van der Waals surface area contributed by atoms with Crippen molar-refractivity contribution in [3.8, 4) is 6.07 Å². The maximum absolute atomic E-state index is 8.42. The van der Waals surface area contributed by atoms with Gasteiger partial charge < -0.3 is 0 Å². The fraction of sp³-hybridized carbons (Fsp3) is 0.308. The van der Waals surface area contributed by atoms with E-state index in [2.05, 4.69) is 44.2 Å². The molecule has 0 saturated carbocycles. The van der Waals surface area contributed by atoms with Crippen LogP contribution in [0.1, 0.15) is 24.5 Å². The van der Waals surface area contributed by atoms with Crippen LogP contribution < -0.4 is 0 Å². The number of nitrogens with zero attached hydrogens (tertiary/aromatic N) is 1. The van der Waals surface area contributed by atoms with E-state index >= 15 is 0 Å². The van der Waals surface area contributed by atoms with Crippen molar-refractivity contribution < 1.29 is 0 Å². The Morgan fingerprint density at radius 2 is 2.00 bits per heavy atom. The maximum atomic E-state index is 8.42. The van der Waals surface area contributed by atoms with E-state index in [4.69, 9.17) is 5.26 Å². The molecule has 1 aromatic rings. The molecule has 0 aliphatic carbocycles. The zero-order chi connectivity index (χ0) is 10.4. The average molecular weight is 185 g/mol. The molecule has 0 atom stereocenters. The highest BCUT2D eigenvalue weighted by Gasteiger charge is 1.93. The van der Waals surface area contributed by atoms with Gasteiger partial charge in [-0.1, -0.05) is 41.5 Å². The number of hydrogen-bond acceptors (Lipinski definition) is 1. The summed E-state index contributed by atoms with van der Waals surface area (Å²) in [5.41, 5.74) is 3.85. The van der Waals surface area contributed by atoms with Gasteiger partial charge in [0.15, 0.2) is 0 Å². The minimum Gasteiger partial charge on any atom is -0.198 e. The molecule has 0 unspecified atom stereocenters. The normalized spacial score (nSPS) is 11.1. The van der Waals surface area contributed by atoms with Gasteiger partial charge in [0.2, 0.25) is 0 Å². The van der Waals surface area contributed by atoms with E-state index in [-0.39, 0.29) is 0 Å². The smallest absolute Gasteiger partial charge is 0.0663 e. The highest BCUT2D eigenvalue weighted by molar-refractivity contribution is 5.25. The zero-order valence-corrected chi connectivity index (χ0v) is 8.75. The molecule has 0 aromatic heterocycles. The number of benzene rings is 1. The summed E-state index contributed by atoms with van der Waals surface area (Å²) in [6.45, 7) is 4.15. The van der Waals surface area contributed by atoms with Crippen molar-refractivity contribution in [1.29, 1.82) is 5.26 Å².